The van der Waals surface area contributed by atoms with Gasteiger partial charge in [0.05, 0.1) is 7.11 Å². The lowest BCUT2D eigenvalue weighted by Gasteiger charge is -2.27. The number of carbonyl (C=O) groups excluding carboxylic acids is 1. The Morgan fingerprint density at radius 3 is 2.57 bits per heavy atom. The van der Waals surface area contributed by atoms with Crippen LogP contribution in [0, 0.1) is 0 Å². The second-order valence-corrected chi connectivity index (χ2v) is 5.33. The van der Waals surface area contributed by atoms with Crippen LogP contribution < -0.4 is 5.32 Å². The van der Waals surface area contributed by atoms with E-state index >= 15 is 0 Å². The van der Waals surface area contributed by atoms with Crippen molar-refractivity contribution in [2.45, 2.75) is 65.5 Å². The molecule has 0 aliphatic heterocycles. The predicted octanol–water partition coefficient (Wildman–Crippen LogP) is 1.72. The third-order valence-electron chi connectivity index (χ3n) is 3.67. The molecule has 1 N–H and O–H groups in total. The van der Waals surface area contributed by atoms with Crippen molar-refractivity contribution in [1.29, 1.82) is 0 Å². The zero-order valence-corrected chi connectivity index (χ0v) is 13.9. The minimum absolute atomic E-state index is 0.215. The summed E-state index contributed by atoms with van der Waals surface area (Å²) in [5, 5.41) is 7.72. The van der Waals surface area contributed by atoms with Crippen molar-refractivity contribution >= 4 is 5.97 Å². The van der Waals surface area contributed by atoms with Crippen molar-refractivity contribution in [2.75, 3.05) is 13.7 Å². The Bertz CT molecular complexity index is 459. The molecule has 0 saturated carbocycles. The van der Waals surface area contributed by atoms with Crippen LogP contribution in [0.25, 0.3) is 0 Å². The number of nitrogens with zero attached hydrogens (tertiary/aromatic N) is 3. The topological polar surface area (TPSA) is 69.0 Å². The van der Waals surface area contributed by atoms with Crippen molar-refractivity contribution < 1.29 is 9.53 Å². The van der Waals surface area contributed by atoms with Crippen LogP contribution in [0.15, 0.2) is 0 Å². The summed E-state index contributed by atoms with van der Waals surface area (Å²) >= 11 is 0. The SMILES string of the molecule is CCNC(C)(CCCn1nc(CC)nc1CC)C(=O)OC. The fraction of sp³-hybridized carbons (Fsp3) is 0.800. The number of likely N-dealkylation sites (N-methyl/N-ethyl adjacent to an activating group) is 1. The van der Waals surface area contributed by atoms with Crippen LogP contribution in [-0.4, -0.2) is 39.9 Å². The van der Waals surface area contributed by atoms with E-state index in [4.69, 9.17) is 4.74 Å². The first kappa shape index (κ1) is 17.6. The van der Waals surface area contributed by atoms with Crippen molar-refractivity contribution in [1.82, 2.24) is 20.1 Å². The average molecular weight is 296 g/mol. The number of esters is 1. The molecule has 0 bridgehead atoms. The first-order chi connectivity index (χ1) is 10.0. The van der Waals surface area contributed by atoms with Gasteiger partial charge in [-0.3, -0.25) is 4.79 Å². The number of carbonyl (C=O) groups is 1. The largest absolute Gasteiger partial charge is 0.468 e. The summed E-state index contributed by atoms with van der Waals surface area (Å²) < 4.78 is 6.86. The quantitative estimate of drug-likeness (QED) is 0.703. The zero-order chi connectivity index (χ0) is 15.9. The van der Waals surface area contributed by atoms with Crippen LogP contribution in [0.4, 0.5) is 0 Å². The standard InChI is InChI=1S/C15H28N4O2/c1-6-12-17-13(7-2)19(18-12)11-9-10-15(4,16-8-3)14(20)21-5/h16H,6-11H2,1-5H3. The molecule has 120 valence electrons. The van der Waals surface area contributed by atoms with Crippen LogP contribution >= 0.6 is 0 Å². The van der Waals surface area contributed by atoms with E-state index in [-0.39, 0.29) is 5.97 Å². The molecule has 1 aromatic heterocycles. The molecule has 0 amide bonds. The third-order valence-corrected chi connectivity index (χ3v) is 3.67. The van der Waals surface area contributed by atoms with Crippen molar-refractivity contribution in [3.8, 4) is 0 Å². The summed E-state index contributed by atoms with van der Waals surface area (Å²) in [6.45, 7) is 9.52. The molecule has 0 aromatic carbocycles. The number of hydrogen-bond donors (Lipinski definition) is 1. The van der Waals surface area contributed by atoms with Gasteiger partial charge in [0.2, 0.25) is 0 Å². The Hall–Kier alpha value is -1.43. The Kier molecular flexibility index (Phi) is 6.81. The highest BCUT2D eigenvalue weighted by Gasteiger charge is 2.32. The lowest BCUT2D eigenvalue weighted by atomic mass is 9.95. The second kappa shape index (κ2) is 8.12. The summed E-state index contributed by atoms with van der Waals surface area (Å²) in [5.74, 6) is 1.68. The Morgan fingerprint density at radius 1 is 1.33 bits per heavy atom. The molecule has 1 rings (SSSR count). The maximum absolute atomic E-state index is 11.9. The lowest BCUT2D eigenvalue weighted by molar-refractivity contribution is -0.148. The second-order valence-electron chi connectivity index (χ2n) is 5.33. The van der Waals surface area contributed by atoms with Crippen molar-refractivity contribution in [3.63, 3.8) is 0 Å². The summed E-state index contributed by atoms with van der Waals surface area (Å²) in [4.78, 5) is 16.4. The fourth-order valence-electron chi connectivity index (χ4n) is 2.48. The minimum atomic E-state index is -0.635. The number of aryl methyl sites for hydroxylation is 3. The molecule has 0 radical (unpaired) electrons. The highest BCUT2D eigenvalue weighted by molar-refractivity contribution is 5.80. The summed E-state index contributed by atoms with van der Waals surface area (Å²) in [5.41, 5.74) is -0.635. The molecule has 1 unspecified atom stereocenters. The molecule has 0 fully saturated rings. The maximum Gasteiger partial charge on any atom is 0.325 e. The molecule has 0 aliphatic carbocycles. The van der Waals surface area contributed by atoms with Gasteiger partial charge in [0.25, 0.3) is 0 Å². The Balaban J connectivity index is 2.65. The Labute approximate surface area is 127 Å². The highest BCUT2D eigenvalue weighted by Crippen LogP contribution is 2.15. The van der Waals surface area contributed by atoms with E-state index in [2.05, 4.69) is 29.2 Å². The van der Waals surface area contributed by atoms with Crippen LogP contribution in [0.3, 0.4) is 0 Å². The number of hydrogen-bond acceptors (Lipinski definition) is 5. The molecule has 0 spiro atoms. The molecule has 0 saturated heterocycles. The summed E-state index contributed by atoms with van der Waals surface area (Å²) in [6, 6.07) is 0. The van der Waals surface area contributed by atoms with Gasteiger partial charge in [0.1, 0.15) is 11.4 Å². The van der Waals surface area contributed by atoms with Crippen LogP contribution in [0.5, 0.6) is 0 Å². The lowest BCUT2D eigenvalue weighted by Crippen LogP contribution is -2.50. The van der Waals surface area contributed by atoms with Crippen LogP contribution in [0.2, 0.25) is 0 Å². The molecule has 1 atom stereocenters. The van der Waals surface area contributed by atoms with Crippen molar-refractivity contribution in [3.05, 3.63) is 11.6 Å². The van der Waals surface area contributed by atoms with Gasteiger partial charge in [-0.15, -0.1) is 0 Å². The molecular formula is C15H28N4O2. The molecule has 21 heavy (non-hydrogen) atoms. The van der Waals surface area contributed by atoms with E-state index in [1.807, 2.05) is 18.5 Å². The minimum Gasteiger partial charge on any atom is -0.468 e. The van der Waals surface area contributed by atoms with Gasteiger partial charge in [-0.1, -0.05) is 20.8 Å². The number of aromatic nitrogens is 3. The first-order valence-electron chi connectivity index (χ1n) is 7.76. The first-order valence-corrected chi connectivity index (χ1v) is 7.76. The van der Waals surface area contributed by atoms with Gasteiger partial charge in [0, 0.05) is 19.4 Å². The van der Waals surface area contributed by atoms with Gasteiger partial charge in [-0.25, -0.2) is 9.67 Å². The van der Waals surface area contributed by atoms with Crippen LogP contribution in [-0.2, 0) is 28.9 Å². The van der Waals surface area contributed by atoms with Gasteiger partial charge in [-0.05, 0) is 26.3 Å². The fourth-order valence-corrected chi connectivity index (χ4v) is 2.48. The maximum atomic E-state index is 11.9. The monoisotopic (exact) mass is 296 g/mol. The number of methoxy groups -OCH3 is 1. The smallest absolute Gasteiger partial charge is 0.325 e. The Morgan fingerprint density at radius 2 is 2.05 bits per heavy atom. The number of rotatable bonds is 9. The number of nitrogens with one attached hydrogen (secondary N) is 1. The van der Waals surface area contributed by atoms with E-state index < -0.39 is 5.54 Å². The molecular weight excluding hydrogens is 268 g/mol. The average Bonchev–Trinajstić information content (AvgIpc) is 2.89. The van der Waals surface area contributed by atoms with Gasteiger partial charge >= 0.3 is 5.97 Å². The van der Waals surface area contributed by atoms with Crippen LogP contribution in [0.1, 0.15) is 52.2 Å². The van der Waals surface area contributed by atoms with E-state index in [9.17, 15) is 4.79 Å². The third kappa shape index (κ3) is 4.52. The molecule has 1 aromatic rings. The summed E-state index contributed by atoms with van der Waals surface area (Å²) in [7, 11) is 1.43. The van der Waals surface area contributed by atoms with E-state index in [1.165, 1.54) is 7.11 Å². The molecule has 0 aliphatic rings. The van der Waals surface area contributed by atoms with Gasteiger partial charge in [0.15, 0.2) is 5.82 Å². The summed E-state index contributed by atoms with van der Waals surface area (Å²) in [6.07, 6.45) is 3.27. The predicted molar refractivity (Wildman–Crippen MR) is 82.1 cm³/mol. The molecule has 6 heteroatoms. The number of ether oxygens (including phenoxy) is 1. The van der Waals surface area contributed by atoms with Gasteiger partial charge < -0.3 is 10.1 Å². The van der Waals surface area contributed by atoms with E-state index in [1.54, 1.807) is 0 Å². The normalized spacial score (nSPS) is 14.0. The molecule has 1 heterocycles. The zero-order valence-electron chi connectivity index (χ0n) is 13.9. The molecule has 6 nitrogen and oxygen atoms in total. The van der Waals surface area contributed by atoms with Gasteiger partial charge in [-0.2, -0.15) is 5.10 Å². The highest BCUT2D eigenvalue weighted by atomic mass is 16.5. The van der Waals surface area contributed by atoms with Crippen molar-refractivity contribution in [2.24, 2.45) is 0 Å². The van der Waals surface area contributed by atoms with E-state index in [0.717, 1.165) is 44.0 Å². The van der Waals surface area contributed by atoms with E-state index in [0.29, 0.717) is 6.42 Å².